The maximum atomic E-state index is 13.2. The molecule has 1 N–H and O–H groups in total. The van der Waals surface area contributed by atoms with E-state index in [1.165, 1.54) is 12.1 Å². The van der Waals surface area contributed by atoms with Crippen molar-refractivity contribution in [2.45, 2.75) is 25.8 Å². The second kappa shape index (κ2) is 7.53. The summed E-state index contributed by atoms with van der Waals surface area (Å²) in [5, 5.41) is 3.03. The zero-order chi connectivity index (χ0) is 16.9. The number of benzene rings is 1. The Morgan fingerprint density at radius 2 is 1.96 bits per heavy atom. The lowest BCUT2D eigenvalue weighted by Crippen LogP contribution is -2.37. The number of carbonyl (C=O) groups is 1. The molecule has 1 aliphatic rings. The number of carbonyl (C=O) groups excluding carboxylic acids is 1. The second-order valence-corrected chi connectivity index (χ2v) is 6.21. The molecule has 1 saturated heterocycles. The van der Waals surface area contributed by atoms with Crippen LogP contribution in [0.5, 0.6) is 0 Å². The van der Waals surface area contributed by atoms with Crippen LogP contribution < -0.4 is 5.32 Å². The Labute approximate surface area is 141 Å². The van der Waals surface area contributed by atoms with Gasteiger partial charge in [-0.1, -0.05) is 12.1 Å². The van der Waals surface area contributed by atoms with Crippen molar-refractivity contribution in [2.75, 3.05) is 19.6 Å². The number of likely N-dealkylation sites (tertiary alicyclic amines) is 1. The van der Waals surface area contributed by atoms with Crippen LogP contribution in [0.3, 0.4) is 0 Å². The van der Waals surface area contributed by atoms with Gasteiger partial charge in [0.15, 0.2) is 0 Å². The maximum absolute atomic E-state index is 13.2. The van der Waals surface area contributed by atoms with Crippen molar-refractivity contribution in [2.24, 2.45) is 0 Å². The van der Waals surface area contributed by atoms with Crippen molar-refractivity contribution in [1.82, 2.24) is 15.2 Å². The standard InChI is InChI=1S/C19H22FN3O/c1-14-12-21-9-8-17(14)19(24)22-13-18(23-10-2-3-11-23)15-4-6-16(20)7-5-15/h4-9,12,18H,2-3,10-11,13H2,1H3,(H,22,24). The van der Waals surface area contributed by atoms with Crippen LogP contribution in [0, 0.1) is 12.7 Å². The summed E-state index contributed by atoms with van der Waals surface area (Å²) < 4.78 is 13.2. The summed E-state index contributed by atoms with van der Waals surface area (Å²) in [6.07, 6.45) is 5.64. The molecule has 1 aromatic heterocycles. The molecule has 24 heavy (non-hydrogen) atoms. The van der Waals surface area contributed by atoms with Crippen LogP contribution in [0.2, 0.25) is 0 Å². The normalized spacial score (nSPS) is 16.1. The Hall–Kier alpha value is -2.27. The highest BCUT2D eigenvalue weighted by atomic mass is 19.1. The largest absolute Gasteiger partial charge is 0.350 e. The lowest BCUT2D eigenvalue weighted by Gasteiger charge is -2.28. The molecule has 0 bridgehead atoms. The molecule has 2 heterocycles. The first-order valence-corrected chi connectivity index (χ1v) is 8.33. The molecule has 0 spiro atoms. The molecule has 0 aliphatic carbocycles. The summed E-state index contributed by atoms with van der Waals surface area (Å²) in [6.45, 7) is 4.39. The third-order valence-electron chi connectivity index (χ3n) is 4.56. The molecule has 0 radical (unpaired) electrons. The van der Waals surface area contributed by atoms with Gasteiger partial charge in [-0.3, -0.25) is 14.7 Å². The number of hydrogen-bond donors (Lipinski definition) is 1. The Morgan fingerprint density at radius 3 is 2.62 bits per heavy atom. The Morgan fingerprint density at radius 1 is 1.25 bits per heavy atom. The van der Waals surface area contributed by atoms with Crippen molar-refractivity contribution in [3.8, 4) is 0 Å². The van der Waals surface area contributed by atoms with Gasteiger partial charge in [0.2, 0.25) is 0 Å². The van der Waals surface area contributed by atoms with Crippen LogP contribution in [0.25, 0.3) is 0 Å². The van der Waals surface area contributed by atoms with Gasteiger partial charge >= 0.3 is 0 Å². The SMILES string of the molecule is Cc1cnccc1C(=O)NCC(c1ccc(F)cc1)N1CCCC1. The summed E-state index contributed by atoms with van der Waals surface area (Å²) >= 11 is 0. The minimum atomic E-state index is -0.240. The minimum Gasteiger partial charge on any atom is -0.350 e. The quantitative estimate of drug-likeness (QED) is 0.918. The number of nitrogens with zero attached hydrogens (tertiary/aromatic N) is 2. The highest BCUT2D eigenvalue weighted by Gasteiger charge is 2.24. The number of aryl methyl sites for hydroxylation is 1. The van der Waals surface area contributed by atoms with Crippen molar-refractivity contribution >= 4 is 5.91 Å². The molecule has 1 amide bonds. The third-order valence-corrected chi connectivity index (χ3v) is 4.56. The van der Waals surface area contributed by atoms with Crippen LogP contribution >= 0.6 is 0 Å². The molecule has 3 rings (SSSR count). The molecule has 5 heteroatoms. The third kappa shape index (κ3) is 3.79. The smallest absolute Gasteiger partial charge is 0.251 e. The van der Waals surface area contributed by atoms with Gasteiger partial charge in [0.1, 0.15) is 5.82 Å². The molecule has 1 aromatic carbocycles. The molecular formula is C19H22FN3O. The van der Waals surface area contributed by atoms with Gasteiger partial charge in [0.05, 0.1) is 6.04 Å². The average molecular weight is 327 g/mol. The average Bonchev–Trinajstić information content (AvgIpc) is 3.11. The fraction of sp³-hybridized carbons (Fsp3) is 0.368. The number of aromatic nitrogens is 1. The first-order chi connectivity index (χ1) is 11.6. The molecule has 1 aliphatic heterocycles. The molecule has 1 fully saturated rings. The van der Waals surface area contributed by atoms with Crippen LogP contribution in [-0.4, -0.2) is 35.4 Å². The van der Waals surface area contributed by atoms with Crippen molar-refractivity contribution in [1.29, 1.82) is 0 Å². The number of pyridine rings is 1. The van der Waals surface area contributed by atoms with Crippen molar-refractivity contribution in [3.63, 3.8) is 0 Å². The van der Waals surface area contributed by atoms with E-state index in [4.69, 9.17) is 0 Å². The van der Waals surface area contributed by atoms with Crippen LogP contribution in [0.15, 0.2) is 42.7 Å². The van der Waals surface area contributed by atoms with Crippen molar-refractivity contribution in [3.05, 3.63) is 65.2 Å². The van der Waals surface area contributed by atoms with E-state index >= 15 is 0 Å². The Kier molecular flexibility index (Phi) is 5.20. The fourth-order valence-electron chi connectivity index (χ4n) is 3.21. The minimum absolute atomic E-state index is 0.0687. The van der Waals surface area contributed by atoms with Crippen LogP contribution in [-0.2, 0) is 0 Å². The molecule has 1 atom stereocenters. The lowest BCUT2D eigenvalue weighted by atomic mass is 10.0. The van der Waals surface area contributed by atoms with E-state index in [9.17, 15) is 9.18 Å². The van der Waals surface area contributed by atoms with Crippen LogP contribution in [0.1, 0.15) is 40.4 Å². The maximum Gasteiger partial charge on any atom is 0.251 e. The molecule has 2 aromatic rings. The summed E-state index contributed by atoms with van der Waals surface area (Å²) in [4.78, 5) is 18.8. The number of amides is 1. The Balaban J connectivity index is 1.73. The fourth-order valence-corrected chi connectivity index (χ4v) is 3.21. The van der Waals surface area contributed by atoms with Gasteiger partial charge in [-0.05, 0) is 62.2 Å². The second-order valence-electron chi connectivity index (χ2n) is 6.21. The highest BCUT2D eigenvalue weighted by Crippen LogP contribution is 2.25. The molecular weight excluding hydrogens is 305 g/mol. The van der Waals surface area contributed by atoms with Gasteiger partial charge in [-0.25, -0.2) is 4.39 Å². The summed E-state index contributed by atoms with van der Waals surface area (Å²) in [5.74, 6) is -0.337. The van der Waals surface area contributed by atoms with E-state index in [1.54, 1.807) is 18.5 Å². The number of rotatable bonds is 5. The summed E-state index contributed by atoms with van der Waals surface area (Å²) in [5.41, 5.74) is 2.53. The predicted molar refractivity (Wildman–Crippen MR) is 91.3 cm³/mol. The van der Waals surface area contributed by atoms with Gasteiger partial charge in [0.25, 0.3) is 5.91 Å². The zero-order valence-electron chi connectivity index (χ0n) is 13.8. The van der Waals surface area contributed by atoms with Gasteiger partial charge in [0, 0.05) is 24.5 Å². The van der Waals surface area contributed by atoms with E-state index < -0.39 is 0 Å². The Bertz CT molecular complexity index is 696. The van der Waals surface area contributed by atoms with E-state index in [0.717, 1.165) is 37.1 Å². The topological polar surface area (TPSA) is 45.2 Å². The van der Waals surface area contributed by atoms with Gasteiger partial charge in [-0.2, -0.15) is 0 Å². The van der Waals surface area contributed by atoms with E-state index in [1.807, 2.05) is 19.1 Å². The van der Waals surface area contributed by atoms with E-state index in [0.29, 0.717) is 12.1 Å². The first-order valence-electron chi connectivity index (χ1n) is 8.33. The number of halogens is 1. The van der Waals surface area contributed by atoms with E-state index in [-0.39, 0.29) is 17.8 Å². The van der Waals surface area contributed by atoms with Crippen molar-refractivity contribution < 1.29 is 9.18 Å². The van der Waals surface area contributed by atoms with Gasteiger partial charge in [-0.15, -0.1) is 0 Å². The molecule has 0 saturated carbocycles. The molecule has 1 unspecified atom stereocenters. The monoisotopic (exact) mass is 327 g/mol. The summed E-state index contributed by atoms with van der Waals surface area (Å²) in [7, 11) is 0. The van der Waals surface area contributed by atoms with Gasteiger partial charge < -0.3 is 5.32 Å². The molecule has 126 valence electrons. The first kappa shape index (κ1) is 16.6. The zero-order valence-corrected chi connectivity index (χ0v) is 13.8. The summed E-state index contributed by atoms with van der Waals surface area (Å²) in [6, 6.07) is 8.37. The predicted octanol–water partition coefficient (Wildman–Crippen LogP) is 3.10. The lowest BCUT2D eigenvalue weighted by molar-refractivity contribution is 0.0937. The number of hydrogen-bond acceptors (Lipinski definition) is 3. The number of nitrogens with one attached hydrogen (secondary N) is 1. The highest BCUT2D eigenvalue weighted by molar-refractivity contribution is 5.95. The molecule has 4 nitrogen and oxygen atoms in total. The van der Waals surface area contributed by atoms with Crippen LogP contribution in [0.4, 0.5) is 4.39 Å². The van der Waals surface area contributed by atoms with E-state index in [2.05, 4.69) is 15.2 Å².